The van der Waals surface area contributed by atoms with E-state index in [9.17, 15) is 0 Å². The molecule has 1 rings (SSSR count). The lowest BCUT2D eigenvalue weighted by molar-refractivity contribution is 0.0817. The maximum atomic E-state index is 8.85. The van der Waals surface area contributed by atoms with Gasteiger partial charge in [-0.05, 0) is 38.0 Å². The van der Waals surface area contributed by atoms with Gasteiger partial charge in [-0.15, -0.1) is 0 Å². The van der Waals surface area contributed by atoms with Crippen molar-refractivity contribution < 1.29 is 10.4 Å². The molecule has 0 aliphatic heterocycles. The molecule has 0 bridgehead atoms. The zero-order valence-corrected chi connectivity index (χ0v) is 8.41. The Labute approximate surface area is 83.5 Å². The van der Waals surface area contributed by atoms with Crippen LogP contribution in [0.25, 0.3) is 0 Å². The van der Waals surface area contributed by atoms with Crippen molar-refractivity contribution in [3.05, 3.63) is 29.8 Å². The molecule has 0 saturated carbocycles. The molecule has 0 atom stereocenters. The highest BCUT2D eigenvalue weighted by molar-refractivity contribution is 5.42. The lowest BCUT2D eigenvalue weighted by Crippen LogP contribution is -2.38. The van der Waals surface area contributed by atoms with Crippen LogP contribution in [0, 0.1) is 0 Å². The number of benzene rings is 1. The van der Waals surface area contributed by atoms with Crippen LogP contribution in [0.15, 0.2) is 24.3 Å². The summed E-state index contributed by atoms with van der Waals surface area (Å²) in [6, 6.07) is 7.36. The first-order valence-electron chi connectivity index (χ1n) is 4.48. The second-order valence-corrected chi connectivity index (χ2v) is 3.98. The van der Waals surface area contributed by atoms with Crippen LogP contribution < -0.4 is 11.0 Å². The third-order valence-corrected chi connectivity index (χ3v) is 2.03. The molecule has 78 valence electrons. The van der Waals surface area contributed by atoms with Crippen LogP contribution in [0.1, 0.15) is 19.4 Å². The quantitative estimate of drug-likeness (QED) is 0.554. The third-order valence-electron chi connectivity index (χ3n) is 2.03. The van der Waals surface area contributed by atoms with Gasteiger partial charge in [0.05, 0.1) is 5.69 Å². The normalized spacial score (nSPS) is 11.4. The van der Waals surface area contributed by atoms with Gasteiger partial charge in [-0.3, -0.25) is 10.7 Å². The summed E-state index contributed by atoms with van der Waals surface area (Å²) in [5, 5.41) is 17.5. The predicted octanol–water partition coefficient (Wildman–Crippen LogP) is 1.79. The number of hydrogen-bond donors (Lipinski definition) is 4. The third kappa shape index (κ3) is 2.99. The predicted molar refractivity (Wildman–Crippen MR) is 54.6 cm³/mol. The number of hydrogen-bond acceptors (Lipinski definition) is 4. The van der Waals surface area contributed by atoms with Gasteiger partial charge in [0.1, 0.15) is 0 Å². The average molecular weight is 196 g/mol. The van der Waals surface area contributed by atoms with Crippen molar-refractivity contribution in [1.82, 2.24) is 5.48 Å². The Morgan fingerprint density at radius 3 is 2.14 bits per heavy atom. The van der Waals surface area contributed by atoms with Crippen LogP contribution in [0.4, 0.5) is 5.69 Å². The van der Waals surface area contributed by atoms with Crippen molar-refractivity contribution in [1.29, 1.82) is 0 Å². The second-order valence-electron chi connectivity index (χ2n) is 3.98. The van der Waals surface area contributed by atoms with Crippen LogP contribution >= 0.6 is 0 Å². The van der Waals surface area contributed by atoms with Gasteiger partial charge in [0.15, 0.2) is 0 Å². The lowest BCUT2D eigenvalue weighted by Gasteiger charge is -2.22. The summed E-state index contributed by atoms with van der Waals surface area (Å²) < 4.78 is 0. The molecule has 14 heavy (non-hydrogen) atoms. The van der Waals surface area contributed by atoms with E-state index in [-0.39, 0.29) is 5.54 Å². The molecule has 0 radical (unpaired) electrons. The highest BCUT2D eigenvalue weighted by Crippen LogP contribution is 2.14. The van der Waals surface area contributed by atoms with E-state index in [2.05, 4.69) is 11.0 Å². The van der Waals surface area contributed by atoms with Gasteiger partial charge in [0.25, 0.3) is 0 Å². The standard InChI is InChI=1S/C10H16N2O2/c1-10(2,12-14)7-8-3-5-9(11-13)6-4-8/h3-6,11-14H,7H2,1-2H3. The highest BCUT2D eigenvalue weighted by Gasteiger charge is 2.16. The first-order chi connectivity index (χ1) is 6.57. The molecule has 4 heteroatoms. The van der Waals surface area contributed by atoms with Crippen LogP contribution in [0.2, 0.25) is 0 Å². The fourth-order valence-corrected chi connectivity index (χ4v) is 1.25. The highest BCUT2D eigenvalue weighted by atomic mass is 16.5. The molecule has 1 aromatic rings. The van der Waals surface area contributed by atoms with E-state index in [0.717, 1.165) is 12.0 Å². The monoisotopic (exact) mass is 196 g/mol. The molecule has 0 unspecified atom stereocenters. The van der Waals surface area contributed by atoms with Gasteiger partial charge < -0.3 is 5.21 Å². The van der Waals surface area contributed by atoms with Crippen molar-refractivity contribution in [2.24, 2.45) is 0 Å². The van der Waals surface area contributed by atoms with Crippen LogP contribution in [0.3, 0.4) is 0 Å². The second kappa shape index (κ2) is 4.41. The van der Waals surface area contributed by atoms with Gasteiger partial charge >= 0.3 is 0 Å². The van der Waals surface area contributed by atoms with E-state index in [1.54, 1.807) is 12.1 Å². The maximum absolute atomic E-state index is 8.85. The summed E-state index contributed by atoms with van der Waals surface area (Å²) in [6.45, 7) is 3.82. The van der Waals surface area contributed by atoms with E-state index in [1.807, 2.05) is 26.0 Å². The molecule has 1 aromatic carbocycles. The summed E-state index contributed by atoms with van der Waals surface area (Å²) in [7, 11) is 0. The molecular formula is C10H16N2O2. The molecule has 0 spiro atoms. The molecule has 0 aromatic heterocycles. The molecular weight excluding hydrogens is 180 g/mol. The molecule has 0 amide bonds. The summed E-state index contributed by atoms with van der Waals surface area (Å²) in [6.07, 6.45) is 0.717. The largest absolute Gasteiger partial charge is 0.316 e. The molecule has 0 heterocycles. The van der Waals surface area contributed by atoms with Crippen molar-refractivity contribution >= 4 is 5.69 Å². The number of nitrogens with one attached hydrogen (secondary N) is 2. The molecule has 0 aliphatic carbocycles. The number of rotatable bonds is 4. The minimum Gasteiger partial charge on any atom is -0.316 e. The Bertz CT molecular complexity index is 283. The van der Waals surface area contributed by atoms with E-state index >= 15 is 0 Å². The maximum Gasteiger partial charge on any atom is 0.0602 e. The minimum absolute atomic E-state index is 0.339. The smallest absolute Gasteiger partial charge is 0.0602 e. The van der Waals surface area contributed by atoms with Crippen LogP contribution in [-0.2, 0) is 6.42 Å². The SMILES string of the molecule is CC(C)(Cc1ccc(NO)cc1)NO. The fraction of sp³-hybridized carbons (Fsp3) is 0.400. The summed E-state index contributed by atoms with van der Waals surface area (Å²) in [4.78, 5) is 0. The Morgan fingerprint density at radius 2 is 1.71 bits per heavy atom. The molecule has 0 fully saturated rings. The molecule has 0 aliphatic rings. The minimum atomic E-state index is -0.339. The van der Waals surface area contributed by atoms with E-state index < -0.39 is 0 Å². The molecule has 0 saturated heterocycles. The Morgan fingerprint density at radius 1 is 1.14 bits per heavy atom. The number of anilines is 1. The van der Waals surface area contributed by atoms with Crippen molar-refractivity contribution in [2.45, 2.75) is 25.8 Å². The zero-order valence-electron chi connectivity index (χ0n) is 8.41. The Kier molecular flexibility index (Phi) is 3.46. The average Bonchev–Trinajstić information content (AvgIpc) is 2.19. The lowest BCUT2D eigenvalue weighted by atomic mass is 9.96. The van der Waals surface area contributed by atoms with Crippen LogP contribution in [-0.4, -0.2) is 16.0 Å². The molecule has 4 nitrogen and oxygen atoms in total. The first kappa shape index (κ1) is 11.0. The van der Waals surface area contributed by atoms with Crippen molar-refractivity contribution in [3.63, 3.8) is 0 Å². The fourth-order valence-electron chi connectivity index (χ4n) is 1.25. The summed E-state index contributed by atoms with van der Waals surface area (Å²) >= 11 is 0. The van der Waals surface area contributed by atoms with Gasteiger partial charge in [0, 0.05) is 5.54 Å². The van der Waals surface area contributed by atoms with Crippen molar-refractivity contribution in [2.75, 3.05) is 5.48 Å². The topological polar surface area (TPSA) is 64.5 Å². The van der Waals surface area contributed by atoms with E-state index in [1.165, 1.54) is 0 Å². The van der Waals surface area contributed by atoms with E-state index in [4.69, 9.17) is 10.4 Å². The molecule has 4 N–H and O–H groups in total. The Hall–Kier alpha value is -1.10. The van der Waals surface area contributed by atoms with Gasteiger partial charge in [0.2, 0.25) is 0 Å². The van der Waals surface area contributed by atoms with Gasteiger partial charge in [-0.1, -0.05) is 12.1 Å². The van der Waals surface area contributed by atoms with Crippen molar-refractivity contribution in [3.8, 4) is 0 Å². The van der Waals surface area contributed by atoms with E-state index in [0.29, 0.717) is 5.69 Å². The summed E-state index contributed by atoms with van der Waals surface area (Å²) in [5.41, 5.74) is 5.73. The van der Waals surface area contributed by atoms with Gasteiger partial charge in [-0.2, -0.15) is 5.48 Å². The Balaban J connectivity index is 2.69. The zero-order chi connectivity index (χ0) is 10.6. The first-order valence-corrected chi connectivity index (χ1v) is 4.48. The number of hydroxylamine groups is 1. The van der Waals surface area contributed by atoms with Crippen LogP contribution in [0.5, 0.6) is 0 Å². The van der Waals surface area contributed by atoms with Gasteiger partial charge in [-0.25, -0.2) is 0 Å². The summed E-state index contributed by atoms with van der Waals surface area (Å²) in [5.74, 6) is 0.